The summed E-state index contributed by atoms with van der Waals surface area (Å²) < 4.78 is 13.1. The molecule has 2 saturated carbocycles. The Balaban J connectivity index is 1.34. The molecule has 3 aromatic carbocycles. The molecular weight excluding hydrogens is 536 g/mol. The van der Waals surface area contributed by atoms with Gasteiger partial charge in [-0.05, 0) is 66.3 Å². The number of benzene rings is 3. The molecule has 1 heterocycles. The van der Waals surface area contributed by atoms with Gasteiger partial charge in [0.25, 0.3) is 5.91 Å². The van der Waals surface area contributed by atoms with E-state index in [4.69, 9.17) is 9.47 Å². The standard InChI is InChI=1S/C37H46N2O4/c1-25(2)22-39(23-27-12-13-27)17-16-37(31-10-7-11-33(19-31)43-26(3)40)21-32(20-35(42-4)34(37)24-39)38-36(41)30-15-14-28-8-5-6-9-29(28)18-30/h5-11,14-15,18-19,25,27,32,34-35H,12-13,16-17,20-24H2,1-4H3/p+1/t32-,34?,35+,37-,39+/m1/s1. The van der Waals surface area contributed by atoms with E-state index in [2.05, 4.69) is 43.4 Å². The van der Waals surface area contributed by atoms with Gasteiger partial charge in [0.2, 0.25) is 0 Å². The quantitative estimate of drug-likeness (QED) is 0.177. The lowest BCUT2D eigenvalue weighted by Crippen LogP contribution is -2.68. The van der Waals surface area contributed by atoms with Crippen LogP contribution in [0.3, 0.4) is 0 Å². The number of piperidine rings is 1. The topological polar surface area (TPSA) is 64.6 Å². The molecule has 2 aliphatic carbocycles. The lowest BCUT2D eigenvalue weighted by molar-refractivity contribution is -0.942. The van der Waals surface area contributed by atoms with E-state index in [0.717, 1.165) is 53.5 Å². The summed E-state index contributed by atoms with van der Waals surface area (Å²) >= 11 is 0. The fourth-order valence-corrected chi connectivity index (χ4v) is 8.51. The van der Waals surface area contributed by atoms with Gasteiger partial charge in [0.15, 0.2) is 0 Å². The van der Waals surface area contributed by atoms with Gasteiger partial charge in [0.05, 0.1) is 32.3 Å². The Morgan fingerprint density at radius 3 is 2.53 bits per heavy atom. The van der Waals surface area contributed by atoms with Crippen LogP contribution >= 0.6 is 0 Å². The van der Waals surface area contributed by atoms with Crippen LogP contribution in [0.25, 0.3) is 10.8 Å². The van der Waals surface area contributed by atoms with E-state index >= 15 is 0 Å². The number of likely N-dealkylation sites (tertiary alicyclic amines) is 1. The van der Waals surface area contributed by atoms with Gasteiger partial charge >= 0.3 is 5.97 Å². The molecule has 6 rings (SSSR count). The molecule has 3 aliphatic rings. The largest absolute Gasteiger partial charge is 0.427 e. The number of esters is 1. The van der Waals surface area contributed by atoms with Crippen LogP contribution < -0.4 is 10.1 Å². The smallest absolute Gasteiger partial charge is 0.308 e. The molecule has 1 amide bonds. The Bertz CT molecular complexity index is 1480. The summed E-state index contributed by atoms with van der Waals surface area (Å²) in [6.45, 7) is 10.8. The SMILES string of the molecule is CO[C@H]1C[C@@H](NC(=O)c2ccc3ccccc3c2)C[C@@]2(c3cccc(OC(C)=O)c3)CC[N@+](CC(C)C)(CC3CC3)CC12. The van der Waals surface area contributed by atoms with E-state index < -0.39 is 0 Å². The molecule has 3 aromatic rings. The minimum Gasteiger partial charge on any atom is -0.427 e. The third kappa shape index (κ3) is 6.37. The highest BCUT2D eigenvalue weighted by Crippen LogP contribution is 2.53. The lowest BCUT2D eigenvalue weighted by Gasteiger charge is -2.58. The molecule has 0 radical (unpaired) electrons. The van der Waals surface area contributed by atoms with Crippen molar-refractivity contribution in [2.75, 3.05) is 33.3 Å². The fraction of sp³-hybridized carbons (Fsp3) is 0.514. The Morgan fingerprint density at radius 2 is 1.81 bits per heavy atom. The number of quaternary nitrogens is 1. The molecule has 0 spiro atoms. The molecule has 43 heavy (non-hydrogen) atoms. The van der Waals surface area contributed by atoms with Crippen LogP contribution in [-0.4, -0.2) is 61.8 Å². The third-order valence-corrected chi connectivity index (χ3v) is 10.3. The molecule has 1 aliphatic heterocycles. The van der Waals surface area contributed by atoms with Crippen molar-refractivity contribution >= 4 is 22.6 Å². The Kier molecular flexibility index (Phi) is 8.36. The van der Waals surface area contributed by atoms with E-state index in [9.17, 15) is 9.59 Å². The molecule has 1 saturated heterocycles. The van der Waals surface area contributed by atoms with Crippen molar-refractivity contribution in [1.29, 1.82) is 0 Å². The first-order chi connectivity index (χ1) is 20.7. The summed E-state index contributed by atoms with van der Waals surface area (Å²) in [4.78, 5) is 25.5. The number of fused-ring (bicyclic) bond motifs is 2. The zero-order chi connectivity index (χ0) is 30.2. The number of carbonyl (C=O) groups is 2. The maximum Gasteiger partial charge on any atom is 0.308 e. The second kappa shape index (κ2) is 12.0. The number of methoxy groups -OCH3 is 1. The number of nitrogens with one attached hydrogen (secondary N) is 1. The Morgan fingerprint density at radius 1 is 1.02 bits per heavy atom. The Hall–Kier alpha value is -3.22. The zero-order valence-electron chi connectivity index (χ0n) is 26.2. The zero-order valence-corrected chi connectivity index (χ0v) is 26.2. The average Bonchev–Trinajstić information content (AvgIpc) is 3.80. The van der Waals surface area contributed by atoms with Crippen LogP contribution in [0, 0.1) is 17.8 Å². The summed E-state index contributed by atoms with van der Waals surface area (Å²) in [5.74, 6) is 1.99. The Labute approximate surface area is 256 Å². The van der Waals surface area contributed by atoms with Crippen molar-refractivity contribution in [3.63, 3.8) is 0 Å². The van der Waals surface area contributed by atoms with Gasteiger partial charge in [-0.15, -0.1) is 0 Å². The fourth-order valence-electron chi connectivity index (χ4n) is 8.51. The number of carbonyl (C=O) groups excluding carboxylic acids is 2. The number of rotatable bonds is 9. The minimum atomic E-state index is -0.314. The third-order valence-electron chi connectivity index (χ3n) is 10.3. The van der Waals surface area contributed by atoms with Crippen LogP contribution in [0.4, 0.5) is 0 Å². The first-order valence-corrected chi connectivity index (χ1v) is 16.2. The molecule has 1 N–H and O–H groups in total. The first-order valence-electron chi connectivity index (χ1n) is 16.2. The summed E-state index contributed by atoms with van der Waals surface area (Å²) in [6.07, 6.45) is 5.37. The van der Waals surface area contributed by atoms with Crippen LogP contribution in [0.2, 0.25) is 0 Å². The van der Waals surface area contributed by atoms with Gasteiger partial charge in [-0.2, -0.15) is 0 Å². The maximum absolute atomic E-state index is 13.7. The van der Waals surface area contributed by atoms with Crippen LogP contribution in [0.5, 0.6) is 5.75 Å². The van der Waals surface area contributed by atoms with Crippen molar-refractivity contribution < 1.29 is 23.5 Å². The summed E-state index contributed by atoms with van der Waals surface area (Å²) in [7, 11) is 1.84. The molecule has 3 fully saturated rings. The molecule has 6 nitrogen and oxygen atoms in total. The number of ether oxygens (including phenoxy) is 2. The van der Waals surface area contributed by atoms with Gasteiger partial charge in [-0.3, -0.25) is 9.59 Å². The van der Waals surface area contributed by atoms with E-state index in [1.54, 1.807) is 0 Å². The molecule has 5 atom stereocenters. The van der Waals surface area contributed by atoms with Crippen LogP contribution in [-0.2, 0) is 14.9 Å². The van der Waals surface area contributed by atoms with Crippen molar-refractivity contribution in [1.82, 2.24) is 5.32 Å². The molecule has 6 heteroatoms. The van der Waals surface area contributed by atoms with Gasteiger partial charge in [0, 0.05) is 55.2 Å². The summed E-state index contributed by atoms with van der Waals surface area (Å²) in [6, 6.07) is 22.2. The molecule has 1 unspecified atom stereocenters. The van der Waals surface area contributed by atoms with E-state index in [1.165, 1.54) is 38.4 Å². The summed E-state index contributed by atoms with van der Waals surface area (Å²) in [5, 5.41) is 5.62. The maximum atomic E-state index is 13.7. The molecular formula is C37H47N2O4+. The number of amides is 1. The van der Waals surface area contributed by atoms with Crippen molar-refractivity contribution in [2.24, 2.45) is 17.8 Å². The highest BCUT2D eigenvalue weighted by Gasteiger charge is 2.58. The number of hydrogen-bond acceptors (Lipinski definition) is 4. The van der Waals surface area contributed by atoms with Crippen molar-refractivity contribution in [3.8, 4) is 5.75 Å². The predicted molar refractivity (Wildman–Crippen MR) is 170 cm³/mol. The van der Waals surface area contributed by atoms with Gasteiger partial charge < -0.3 is 19.3 Å². The molecule has 228 valence electrons. The van der Waals surface area contributed by atoms with Gasteiger partial charge in [0.1, 0.15) is 5.75 Å². The van der Waals surface area contributed by atoms with Crippen LogP contribution in [0.15, 0.2) is 66.7 Å². The monoisotopic (exact) mass is 583 g/mol. The number of hydrogen-bond donors (Lipinski definition) is 1. The van der Waals surface area contributed by atoms with Gasteiger partial charge in [-0.1, -0.05) is 56.3 Å². The average molecular weight is 584 g/mol. The second-order valence-corrected chi connectivity index (χ2v) is 14.0. The molecule has 0 aromatic heterocycles. The van der Waals surface area contributed by atoms with Gasteiger partial charge in [-0.25, -0.2) is 0 Å². The van der Waals surface area contributed by atoms with Crippen molar-refractivity contribution in [2.45, 2.75) is 70.4 Å². The second-order valence-electron chi connectivity index (χ2n) is 14.0. The normalized spacial score (nSPS) is 28.8. The highest BCUT2D eigenvalue weighted by molar-refractivity contribution is 5.98. The van der Waals surface area contributed by atoms with E-state index in [1.807, 2.05) is 49.6 Å². The molecule has 0 bridgehead atoms. The van der Waals surface area contributed by atoms with Crippen molar-refractivity contribution in [3.05, 3.63) is 77.9 Å². The van der Waals surface area contributed by atoms with E-state index in [-0.39, 0.29) is 29.4 Å². The first kappa shape index (κ1) is 29.8. The predicted octanol–water partition coefficient (Wildman–Crippen LogP) is 6.51. The lowest BCUT2D eigenvalue weighted by atomic mass is 9.56. The minimum absolute atomic E-state index is 0.0113. The van der Waals surface area contributed by atoms with Crippen LogP contribution in [0.1, 0.15) is 68.8 Å². The van der Waals surface area contributed by atoms with E-state index in [0.29, 0.717) is 23.1 Å². The highest BCUT2D eigenvalue weighted by atomic mass is 16.5. The summed E-state index contributed by atoms with van der Waals surface area (Å²) in [5.41, 5.74) is 1.68. The number of nitrogens with zero attached hydrogens (tertiary/aromatic N) is 1.